The van der Waals surface area contributed by atoms with E-state index in [2.05, 4.69) is 55.5 Å². The van der Waals surface area contributed by atoms with Gasteiger partial charge in [-0.3, -0.25) is 4.79 Å². The number of Topliss-reactive ketones (excluding diaryl/α,β-unsaturated/α-hetero) is 1. The lowest BCUT2D eigenvalue weighted by Crippen LogP contribution is -1.94. The Labute approximate surface area is 173 Å². The number of hydrogen-bond acceptors (Lipinski definition) is 2. The molecule has 0 saturated heterocycles. The molecular formula is C27H28O2. The van der Waals surface area contributed by atoms with E-state index >= 15 is 0 Å². The highest BCUT2D eigenvalue weighted by atomic mass is 16.2. The van der Waals surface area contributed by atoms with Crippen molar-refractivity contribution in [3.63, 3.8) is 0 Å². The molecule has 3 aromatic rings. The molecule has 0 heterocycles. The lowest BCUT2D eigenvalue weighted by molar-refractivity contribution is 0.101. The molecule has 0 aliphatic rings. The zero-order valence-electron chi connectivity index (χ0n) is 17.3. The number of aryl methyl sites for hydroxylation is 1. The third kappa shape index (κ3) is 6.93. The van der Waals surface area contributed by atoms with Crippen molar-refractivity contribution < 1.29 is 9.90 Å². The maximum Gasteiger partial charge on any atom is 0.160 e. The van der Waals surface area contributed by atoms with Crippen LogP contribution in [0.5, 0.6) is 0 Å². The third-order valence-corrected chi connectivity index (χ3v) is 4.54. The summed E-state index contributed by atoms with van der Waals surface area (Å²) in [6, 6.07) is 26.6. The van der Waals surface area contributed by atoms with Crippen LogP contribution in [0.3, 0.4) is 0 Å². The summed E-state index contributed by atoms with van der Waals surface area (Å²) >= 11 is 0. The monoisotopic (exact) mass is 384 g/mol. The van der Waals surface area contributed by atoms with E-state index in [1.807, 2.05) is 30.3 Å². The first-order chi connectivity index (χ1) is 14.0. The van der Waals surface area contributed by atoms with E-state index in [1.54, 1.807) is 26.0 Å². The van der Waals surface area contributed by atoms with E-state index in [0.29, 0.717) is 5.56 Å². The number of ketones is 1. The molecule has 0 aliphatic heterocycles. The lowest BCUT2D eigenvalue weighted by Gasteiger charge is -2.02. The first kappa shape index (κ1) is 21.9. The summed E-state index contributed by atoms with van der Waals surface area (Å²) in [6.45, 7) is 5.51. The van der Waals surface area contributed by atoms with E-state index in [4.69, 9.17) is 5.11 Å². The van der Waals surface area contributed by atoms with Gasteiger partial charge in [0.15, 0.2) is 5.78 Å². The largest absolute Gasteiger partial charge is 0.515 e. The van der Waals surface area contributed by atoms with Crippen LogP contribution >= 0.6 is 0 Å². The van der Waals surface area contributed by atoms with Gasteiger partial charge in [-0.05, 0) is 48.1 Å². The van der Waals surface area contributed by atoms with Gasteiger partial charge in [0, 0.05) is 5.56 Å². The van der Waals surface area contributed by atoms with Crippen molar-refractivity contribution in [2.24, 2.45) is 0 Å². The highest BCUT2D eigenvalue weighted by Gasteiger charge is 2.02. The summed E-state index contributed by atoms with van der Waals surface area (Å²) in [5.41, 5.74) is 6.28. The van der Waals surface area contributed by atoms with Crippen LogP contribution in [0.1, 0.15) is 42.3 Å². The normalized spacial score (nSPS) is 11.1. The SMILES string of the molecule is CC(=O)c1ccccc1/C=C\C(C)=C\O.CCc1ccc(-c2ccccc2)cc1. The van der Waals surface area contributed by atoms with E-state index in [9.17, 15) is 4.79 Å². The Morgan fingerprint density at radius 3 is 2.00 bits per heavy atom. The van der Waals surface area contributed by atoms with Gasteiger partial charge in [0.05, 0.1) is 6.26 Å². The van der Waals surface area contributed by atoms with Gasteiger partial charge in [0.1, 0.15) is 0 Å². The minimum absolute atomic E-state index is 0.0425. The molecule has 0 atom stereocenters. The second kappa shape index (κ2) is 11.5. The number of carbonyl (C=O) groups is 1. The predicted molar refractivity (Wildman–Crippen MR) is 123 cm³/mol. The Balaban J connectivity index is 0.000000207. The van der Waals surface area contributed by atoms with Gasteiger partial charge in [-0.2, -0.15) is 0 Å². The van der Waals surface area contributed by atoms with Crippen molar-refractivity contribution in [2.45, 2.75) is 27.2 Å². The van der Waals surface area contributed by atoms with Crippen molar-refractivity contribution in [1.29, 1.82) is 0 Å². The van der Waals surface area contributed by atoms with Crippen LogP contribution in [0.2, 0.25) is 0 Å². The topological polar surface area (TPSA) is 37.3 Å². The van der Waals surface area contributed by atoms with Crippen molar-refractivity contribution in [3.05, 3.63) is 113 Å². The van der Waals surface area contributed by atoms with Gasteiger partial charge in [-0.1, -0.05) is 97.9 Å². The van der Waals surface area contributed by atoms with E-state index in [-0.39, 0.29) is 5.78 Å². The lowest BCUT2D eigenvalue weighted by atomic mass is 10.0. The number of allylic oxidation sites excluding steroid dienone is 2. The quantitative estimate of drug-likeness (QED) is 0.285. The molecule has 0 radical (unpaired) electrons. The van der Waals surface area contributed by atoms with Crippen molar-refractivity contribution in [1.82, 2.24) is 0 Å². The number of hydrogen-bond donors (Lipinski definition) is 1. The molecule has 0 fully saturated rings. The summed E-state index contributed by atoms with van der Waals surface area (Å²) < 4.78 is 0. The Kier molecular flexibility index (Phi) is 8.65. The number of carbonyl (C=O) groups excluding carboxylic acids is 1. The first-order valence-electron chi connectivity index (χ1n) is 9.78. The number of aliphatic hydroxyl groups excluding tert-OH is 1. The van der Waals surface area contributed by atoms with Crippen LogP contribution in [0.15, 0.2) is 96.8 Å². The Hall–Kier alpha value is -3.39. The van der Waals surface area contributed by atoms with Crippen LogP contribution in [-0.2, 0) is 6.42 Å². The maximum absolute atomic E-state index is 11.3. The summed E-state index contributed by atoms with van der Waals surface area (Å²) in [7, 11) is 0. The van der Waals surface area contributed by atoms with E-state index < -0.39 is 0 Å². The molecule has 3 rings (SSSR count). The van der Waals surface area contributed by atoms with Gasteiger partial charge in [-0.15, -0.1) is 0 Å². The summed E-state index contributed by atoms with van der Waals surface area (Å²) in [6.07, 6.45) is 5.72. The smallest absolute Gasteiger partial charge is 0.160 e. The molecule has 0 aliphatic carbocycles. The first-order valence-corrected chi connectivity index (χ1v) is 9.78. The van der Waals surface area contributed by atoms with E-state index in [0.717, 1.165) is 23.8 Å². The molecule has 0 amide bonds. The van der Waals surface area contributed by atoms with Crippen LogP contribution < -0.4 is 0 Å². The zero-order valence-corrected chi connectivity index (χ0v) is 17.3. The van der Waals surface area contributed by atoms with Crippen LogP contribution in [-0.4, -0.2) is 10.9 Å². The fourth-order valence-electron chi connectivity index (χ4n) is 2.79. The molecule has 2 nitrogen and oxygen atoms in total. The van der Waals surface area contributed by atoms with E-state index in [1.165, 1.54) is 16.7 Å². The average Bonchev–Trinajstić information content (AvgIpc) is 2.78. The highest BCUT2D eigenvalue weighted by molar-refractivity contribution is 5.97. The van der Waals surface area contributed by atoms with Gasteiger partial charge in [-0.25, -0.2) is 0 Å². The zero-order chi connectivity index (χ0) is 21.1. The second-order valence-corrected chi connectivity index (χ2v) is 6.77. The average molecular weight is 385 g/mol. The molecule has 3 aromatic carbocycles. The molecule has 0 spiro atoms. The number of aliphatic hydroxyl groups is 1. The van der Waals surface area contributed by atoms with Crippen LogP contribution in [0.25, 0.3) is 17.2 Å². The van der Waals surface area contributed by atoms with Crippen LogP contribution in [0.4, 0.5) is 0 Å². The predicted octanol–water partition coefficient (Wildman–Crippen LogP) is 7.28. The summed E-state index contributed by atoms with van der Waals surface area (Å²) in [5, 5.41) is 8.71. The Bertz CT molecular complexity index is 965. The molecular weight excluding hydrogens is 356 g/mol. The molecule has 2 heteroatoms. The molecule has 0 bridgehead atoms. The highest BCUT2D eigenvalue weighted by Crippen LogP contribution is 2.19. The van der Waals surface area contributed by atoms with Gasteiger partial charge < -0.3 is 5.11 Å². The standard InChI is InChI=1S/C14H14.C13H14O2/c1-2-12-8-10-14(11-9-12)13-6-4-3-5-7-13;1-10(9-14)7-8-12-5-3-4-6-13(12)11(2)15/h3-11H,2H2,1H3;3-9,14H,1-2H3/b;8-7-,10-9+. The van der Waals surface area contributed by atoms with Gasteiger partial charge in [0.2, 0.25) is 0 Å². The molecule has 29 heavy (non-hydrogen) atoms. The summed E-state index contributed by atoms with van der Waals surface area (Å²) in [5.74, 6) is 0.0425. The van der Waals surface area contributed by atoms with Crippen molar-refractivity contribution in [2.75, 3.05) is 0 Å². The fourth-order valence-corrected chi connectivity index (χ4v) is 2.79. The summed E-state index contributed by atoms with van der Waals surface area (Å²) in [4.78, 5) is 11.3. The minimum atomic E-state index is 0.0425. The molecule has 0 unspecified atom stereocenters. The van der Waals surface area contributed by atoms with Crippen molar-refractivity contribution in [3.8, 4) is 11.1 Å². The molecule has 148 valence electrons. The number of rotatable bonds is 5. The van der Waals surface area contributed by atoms with Crippen LogP contribution in [0, 0.1) is 0 Å². The number of benzene rings is 3. The Morgan fingerprint density at radius 1 is 0.828 bits per heavy atom. The molecule has 1 N–H and O–H groups in total. The van der Waals surface area contributed by atoms with Gasteiger partial charge in [0.25, 0.3) is 0 Å². The van der Waals surface area contributed by atoms with Gasteiger partial charge >= 0.3 is 0 Å². The minimum Gasteiger partial charge on any atom is -0.515 e. The third-order valence-electron chi connectivity index (χ3n) is 4.54. The second-order valence-electron chi connectivity index (χ2n) is 6.77. The molecule has 0 saturated carbocycles. The fraction of sp³-hybridized carbons (Fsp3) is 0.148. The maximum atomic E-state index is 11.3. The Morgan fingerprint density at radius 2 is 1.41 bits per heavy atom. The molecule has 0 aromatic heterocycles. The van der Waals surface area contributed by atoms with Crippen molar-refractivity contribution >= 4 is 11.9 Å².